The van der Waals surface area contributed by atoms with E-state index < -0.39 is 0 Å². The van der Waals surface area contributed by atoms with Gasteiger partial charge in [0.25, 0.3) is 5.91 Å². The van der Waals surface area contributed by atoms with Crippen LogP contribution in [-0.2, 0) is 11.3 Å². The van der Waals surface area contributed by atoms with Gasteiger partial charge in [0.1, 0.15) is 0 Å². The van der Waals surface area contributed by atoms with Gasteiger partial charge in [0.05, 0.1) is 11.5 Å². The first-order chi connectivity index (χ1) is 13.6. The topological polar surface area (TPSA) is 61.4 Å². The largest absolute Gasteiger partial charge is 0.352 e. The smallest absolute Gasteiger partial charge is 0.252 e. The summed E-state index contributed by atoms with van der Waals surface area (Å²) in [6.07, 6.45) is 3.55. The van der Waals surface area contributed by atoms with Gasteiger partial charge >= 0.3 is 0 Å². The van der Waals surface area contributed by atoms with Crippen LogP contribution in [0.4, 0.5) is 0 Å². The molecule has 1 saturated heterocycles. The number of nitrogens with zero attached hydrogens (tertiary/aromatic N) is 1. The summed E-state index contributed by atoms with van der Waals surface area (Å²) in [4.78, 5) is 28.5. The lowest BCUT2D eigenvalue weighted by Crippen LogP contribution is -2.42. The SMILES string of the molecule is CSc1ccccc1C(=O)N[C@H]1CC[C@@H](C(=O)NCc2ccsc2)CN(C)C1. The summed E-state index contributed by atoms with van der Waals surface area (Å²) in [6, 6.07) is 9.74. The van der Waals surface area contributed by atoms with Gasteiger partial charge in [-0.15, -0.1) is 11.8 Å². The highest BCUT2D eigenvalue weighted by Crippen LogP contribution is 2.21. The van der Waals surface area contributed by atoms with Gasteiger partial charge in [-0.2, -0.15) is 11.3 Å². The van der Waals surface area contributed by atoms with Gasteiger partial charge < -0.3 is 15.5 Å². The third kappa shape index (κ3) is 5.59. The number of hydrogen-bond donors (Lipinski definition) is 2. The second kappa shape index (κ2) is 10.1. The number of hydrogen-bond acceptors (Lipinski definition) is 5. The molecule has 5 nitrogen and oxygen atoms in total. The summed E-state index contributed by atoms with van der Waals surface area (Å²) in [5.74, 6) is 0.00508. The molecular weight excluding hydrogens is 390 g/mol. The molecule has 28 heavy (non-hydrogen) atoms. The molecule has 150 valence electrons. The van der Waals surface area contributed by atoms with Crippen LogP contribution in [0.25, 0.3) is 0 Å². The van der Waals surface area contributed by atoms with E-state index in [1.165, 1.54) is 0 Å². The van der Waals surface area contributed by atoms with Crippen LogP contribution >= 0.6 is 23.1 Å². The Morgan fingerprint density at radius 1 is 1.21 bits per heavy atom. The normalized spacial score (nSPS) is 20.4. The van der Waals surface area contributed by atoms with Crippen LogP contribution in [0.15, 0.2) is 46.0 Å². The van der Waals surface area contributed by atoms with Crippen molar-refractivity contribution in [1.29, 1.82) is 0 Å². The summed E-state index contributed by atoms with van der Waals surface area (Å²) >= 11 is 3.21. The quantitative estimate of drug-likeness (QED) is 0.709. The fourth-order valence-electron chi connectivity index (χ4n) is 3.57. The van der Waals surface area contributed by atoms with Gasteiger partial charge in [-0.3, -0.25) is 9.59 Å². The maximum absolute atomic E-state index is 12.7. The molecule has 2 heterocycles. The van der Waals surface area contributed by atoms with E-state index in [-0.39, 0.29) is 23.8 Å². The van der Waals surface area contributed by atoms with Crippen LogP contribution in [0, 0.1) is 5.92 Å². The molecule has 2 atom stereocenters. The lowest BCUT2D eigenvalue weighted by atomic mass is 10.0. The number of thioether (sulfide) groups is 1. The van der Waals surface area contributed by atoms with Gasteiger partial charge in [-0.1, -0.05) is 12.1 Å². The summed E-state index contributed by atoms with van der Waals surface area (Å²) < 4.78 is 0. The van der Waals surface area contributed by atoms with Crippen LogP contribution in [0.5, 0.6) is 0 Å². The second-order valence-electron chi connectivity index (χ2n) is 7.22. The van der Waals surface area contributed by atoms with Gasteiger partial charge in [0.2, 0.25) is 5.91 Å². The molecule has 0 unspecified atom stereocenters. The summed E-state index contributed by atoms with van der Waals surface area (Å²) in [7, 11) is 2.01. The summed E-state index contributed by atoms with van der Waals surface area (Å²) in [5.41, 5.74) is 1.85. The van der Waals surface area contributed by atoms with E-state index in [2.05, 4.69) is 20.9 Å². The molecular formula is C21H27N3O2S2. The van der Waals surface area contributed by atoms with Crippen molar-refractivity contribution < 1.29 is 9.59 Å². The van der Waals surface area contributed by atoms with Crippen LogP contribution < -0.4 is 10.6 Å². The number of benzene rings is 1. The Labute approximate surface area is 174 Å². The van der Waals surface area contributed by atoms with Crippen molar-refractivity contribution in [1.82, 2.24) is 15.5 Å². The summed E-state index contributed by atoms with van der Waals surface area (Å²) in [5, 5.41) is 10.3. The highest BCUT2D eigenvalue weighted by Gasteiger charge is 2.28. The first-order valence-corrected chi connectivity index (χ1v) is 11.6. The van der Waals surface area contributed by atoms with Crippen LogP contribution in [0.1, 0.15) is 28.8 Å². The van der Waals surface area contributed by atoms with Crippen molar-refractivity contribution in [2.45, 2.75) is 30.3 Å². The zero-order chi connectivity index (χ0) is 19.9. The minimum absolute atomic E-state index is 0.0382. The van der Waals surface area contributed by atoms with E-state index in [4.69, 9.17) is 0 Å². The summed E-state index contributed by atoms with van der Waals surface area (Å²) in [6.45, 7) is 2.04. The lowest BCUT2D eigenvalue weighted by molar-refractivity contribution is -0.125. The zero-order valence-electron chi connectivity index (χ0n) is 16.3. The second-order valence-corrected chi connectivity index (χ2v) is 8.84. The molecule has 3 rings (SSSR count). The Morgan fingerprint density at radius 2 is 2.04 bits per heavy atom. The fourth-order valence-corrected chi connectivity index (χ4v) is 4.83. The van der Waals surface area contributed by atoms with Crippen molar-refractivity contribution in [2.24, 2.45) is 5.92 Å². The predicted molar refractivity (Wildman–Crippen MR) is 116 cm³/mol. The molecule has 2 N–H and O–H groups in total. The number of likely N-dealkylation sites (tertiary alicyclic amines) is 1. The minimum atomic E-state index is -0.0518. The van der Waals surface area contributed by atoms with Gasteiger partial charge in [0.15, 0.2) is 0 Å². The Hall–Kier alpha value is -1.83. The number of nitrogens with one attached hydrogen (secondary N) is 2. The van der Waals surface area contributed by atoms with Crippen LogP contribution in [-0.4, -0.2) is 49.1 Å². The highest BCUT2D eigenvalue weighted by atomic mass is 32.2. The van der Waals surface area contributed by atoms with E-state index in [1.54, 1.807) is 23.1 Å². The minimum Gasteiger partial charge on any atom is -0.352 e. The highest BCUT2D eigenvalue weighted by molar-refractivity contribution is 7.98. The maximum atomic E-state index is 12.7. The number of thiophene rings is 1. The Kier molecular flexibility index (Phi) is 7.53. The van der Waals surface area contributed by atoms with Gasteiger partial charge in [-0.05, 0) is 60.7 Å². The van der Waals surface area contributed by atoms with E-state index in [1.807, 2.05) is 49.0 Å². The molecule has 0 saturated carbocycles. The maximum Gasteiger partial charge on any atom is 0.252 e. The fraction of sp³-hybridized carbons (Fsp3) is 0.429. The van der Waals surface area contributed by atoms with Crippen molar-refractivity contribution in [3.05, 3.63) is 52.2 Å². The van der Waals surface area contributed by atoms with E-state index >= 15 is 0 Å². The lowest BCUT2D eigenvalue weighted by Gasteiger charge is -2.22. The molecule has 0 bridgehead atoms. The van der Waals surface area contributed by atoms with Crippen molar-refractivity contribution in [3.63, 3.8) is 0 Å². The third-order valence-electron chi connectivity index (χ3n) is 5.03. The van der Waals surface area contributed by atoms with Gasteiger partial charge in [-0.25, -0.2) is 0 Å². The molecule has 1 fully saturated rings. The predicted octanol–water partition coefficient (Wildman–Crippen LogP) is 3.23. The average molecular weight is 418 g/mol. The van der Waals surface area contributed by atoms with E-state index in [9.17, 15) is 9.59 Å². The number of likely N-dealkylation sites (N-methyl/N-ethyl adjacent to an activating group) is 1. The standard InChI is InChI=1S/C21H27N3O2S2/c1-24-12-16(20(25)22-11-15-9-10-28-14-15)7-8-17(13-24)23-21(26)18-5-3-4-6-19(18)27-2/h3-6,9-10,14,16-17H,7-8,11-13H2,1-2H3,(H,22,25)(H,23,26)/t16-,17+/m1/s1. The number of rotatable bonds is 6. The molecule has 1 aromatic heterocycles. The van der Waals surface area contributed by atoms with Gasteiger partial charge in [0, 0.05) is 30.6 Å². The molecule has 0 spiro atoms. The van der Waals surface area contributed by atoms with E-state index in [0.29, 0.717) is 18.7 Å². The molecule has 1 aliphatic rings. The third-order valence-corrected chi connectivity index (χ3v) is 6.56. The molecule has 0 aliphatic carbocycles. The first-order valence-electron chi connectivity index (χ1n) is 9.48. The molecule has 2 aromatic rings. The monoisotopic (exact) mass is 417 g/mol. The molecule has 0 radical (unpaired) electrons. The molecule has 2 amide bonds. The zero-order valence-corrected chi connectivity index (χ0v) is 17.9. The first kappa shape index (κ1) is 20.9. The number of carbonyl (C=O) groups excluding carboxylic acids is 2. The van der Waals surface area contributed by atoms with Crippen molar-refractivity contribution in [2.75, 3.05) is 26.4 Å². The molecule has 7 heteroatoms. The number of carbonyl (C=O) groups is 2. The Balaban J connectivity index is 1.56. The molecule has 1 aliphatic heterocycles. The van der Waals surface area contributed by atoms with Crippen molar-refractivity contribution in [3.8, 4) is 0 Å². The van der Waals surface area contributed by atoms with E-state index in [0.717, 1.165) is 29.8 Å². The van der Waals surface area contributed by atoms with Crippen LogP contribution in [0.2, 0.25) is 0 Å². The average Bonchev–Trinajstić information content (AvgIpc) is 3.15. The Bertz CT molecular complexity index is 795. The van der Waals surface area contributed by atoms with Crippen molar-refractivity contribution >= 4 is 34.9 Å². The number of amides is 2. The molecule has 1 aromatic carbocycles. The van der Waals surface area contributed by atoms with Crippen LogP contribution in [0.3, 0.4) is 0 Å². The Morgan fingerprint density at radius 3 is 2.79 bits per heavy atom.